The Morgan fingerprint density at radius 3 is 2.45 bits per heavy atom. The molecule has 0 aromatic heterocycles. The summed E-state index contributed by atoms with van der Waals surface area (Å²) >= 11 is 5.82. The van der Waals surface area contributed by atoms with Gasteiger partial charge in [0.2, 0.25) is 0 Å². The van der Waals surface area contributed by atoms with E-state index in [1.807, 2.05) is 25.1 Å². The van der Waals surface area contributed by atoms with Gasteiger partial charge in [0.25, 0.3) is 5.91 Å². The van der Waals surface area contributed by atoms with E-state index < -0.39 is 0 Å². The van der Waals surface area contributed by atoms with Gasteiger partial charge in [-0.3, -0.25) is 9.69 Å². The predicted octanol–water partition coefficient (Wildman–Crippen LogP) is 5.41. The second-order valence-electron chi connectivity index (χ2n) is 7.37. The Morgan fingerprint density at radius 1 is 1.03 bits per heavy atom. The van der Waals surface area contributed by atoms with Gasteiger partial charge in [-0.25, -0.2) is 9.18 Å². The highest BCUT2D eigenvalue weighted by atomic mass is 35.5. The van der Waals surface area contributed by atoms with Gasteiger partial charge < -0.3 is 15.4 Å². The van der Waals surface area contributed by atoms with Gasteiger partial charge in [-0.1, -0.05) is 23.7 Å². The van der Waals surface area contributed by atoms with Gasteiger partial charge in [0.1, 0.15) is 11.6 Å². The van der Waals surface area contributed by atoms with Crippen LogP contribution in [0.3, 0.4) is 0 Å². The number of urea groups is 1. The molecule has 172 valence electrons. The first kappa shape index (κ1) is 24.1. The lowest BCUT2D eigenvalue weighted by Gasteiger charge is -2.23. The van der Waals surface area contributed by atoms with E-state index in [2.05, 4.69) is 10.6 Å². The third kappa shape index (κ3) is 7.80. The van der Waals surface area contributed by atoms with E-state index in [0.29, 0.717) is 41.7 Å². The number of hydrogen-bond donors (Lipinski definition) is 2. The normalized spacial score (nSPS) is 10.4. The first-order valence-corrected chi connectivity index (χ1v) is 10.8. The van der Waals surface area contributed by atoms with Crippen LogP contribution in [0.1, 0.15) is 12.0 Å². The van der Waals surface area contributed by atoms with E-state index in [-0.39, 0.29) is 24.4 Å². The maximum absolute atomic E-state index is 13.4. The van der Waals surface area contributed by atoms with Crippen LogP contribution in [0.5, 0.6) is 5.75 Å². The fourth-order valence-corrected chi connectivity index (χ4v) is 3.20. The summed E-state index contributed by atoms with van der Waals surface area (Å²) in [5.74, 6) is -0.113. The Labute approximate surface area is 197 Å². The molecule has 6 nitrogen and oxygen atoms in total. The van der Waals surface area contributed by atoms with E-state index in [4.69, 9.17) is 16.3 Å². The summed E-state index contributed by atoms with van der Waals surface area (Å²) in [6, 6.07) is 19.5. The zero-order valence-electron chi connectivity index (χ0n) is 18.2. The first-order valence-electron chi connectivity index (χ1n) is 10.5. The number of nitrogens with zero attached hydrogens (tertiary/aromatic N) is 1. The van der Waals surface area contributed by atoms with Crippen molar-refractivity contribution in [3.63, 3.8) is 0 Å². The van der Waals surface area contributed by atoms with Gasteiger partial charge in [-0.15, -0.1) is 0 Å². The molecule has 0 atom stereocenters. The van der Waals surface area contributed by atoms with Crippen molar-refractivity contribution in [2.75, 3.05) is 29.9 Å². The molecule has 8 heteroatoms. The smallest absolute Gasteiger partial charge is 0.326 e. The highest BCUT2D eigenvalue weighted by Crippen LogP contribution is 2.18. The average molecular weight is 470 g/mol. The number of carbonyl (C=O) groups excluding carboxylic acids is 2. The number of benzene rings is 3. The molecule has 3 amide bonds. The van der Waals surface area contributed by atoms with Crippen molar-refractivity contribution >= 4 is 34.9 Å². The summed E-state index contributed by atoms with van der Waals surface area (Å²) in [5.41, 5.74) is 2.24. The summed E-state index contributed by atoms with van der Waals surface area (Å²) in [7, 11) is 0. The zero-order valence-corrected chi connectivity index (χ0v) is 18.9. The molecule has 33 heavy (non-hydrogen) atoms. The van der Waals surface area contributed by atoms with Crippen molar-refractivity contribution in [1.29, 1.82) is 0 Å². The molecule has 3 rings (SSSR count). The van der Waals surface area contributed by atoms with E-state index in [1.165, 1.54) is 17.0 Å². The molecule has 0 bridgehead atoms. The van der Waals surface area contributed by atoms with Crippen LogP contribution in [0.4, 0.5) is 20.6 Å². The Morgan fingerprint density at radius 2 is 1.76 bits per heavy atom. The maximum atomic E-state index is 13.4. The van der Waals surface area contributed by atoms with E-state index >= 15 is 0 Å². The predicted molar refractivity (Wildman–Crippen MR) is 129 cm³/mol. The molecule has 0 unspecified atom stereocenters. The summed E-state index contributed by atoms with van der Waals surface area (Å²) < 4.78 is 18.8. The van der Waals surface area contributed by atoms with Crippen LogP contribution in [0, 0.1) is 12.7 Å². The molecule has 2 N–H and O–H groups in total. The van der Waals surface area contributed by atoms with Gasteiger partial charge in [-0.2, -0.15) is 0 Å². The lowest BCUT2D eigenvalue weighted by Crippen LogP contribution is -2.38. The van der Waals surface area contributed by atoms with Gasteiger partial charge in [0.05, 0.1) is 0 Å². The van der Waals surface area contributed by atoms with Crippen LogP contribution < -0.4 is 20.3 Å². The minimum absolute atomic E-state index is 0.128. The van der Waals surface area contributed by atoms with Crippen LogP contribution in [-0.4, -0.2) is 31.6 Å². The van der Waals surface area contributed by atoms with Crippen molar-refractivity contribution < 1.29 is 18.7 Å². The second-order valence-corrected chi connectivity index (χ2v) is 7.81. The SMILES string of the molecule is Cc1cccc(NC(=O)N(CCCNC(=O)COc2ccc(Cl)cc2)c2ccc(F)cc2)c1. The van der Waals surface area contributed by atoms with Crippen LogP contribution >= 0.6 is 11.6 Å². The third-order valence-electron chi connectivity index (χ3n) is 4.72. The summed E-state index contributed by atoms with van der Waals surface area (Å²) in [5, 5.41) is 6.22. The minimum atomic E-state index is -0.384. The Hall–Kier alpha value is -3.58. The van der Waals surface area contributed by atoms with Crippen molar-refractivity contribution in [3.05, 3.63) is 89.2 Å². The number of aryl methyl sites for hydroxylation is 1. The van der Waals surface area contributed by atoms with Crippen molar-refractivity contribution in [2.45, 2.75) is 13.3 Å². The quantitative estimate of drug-likeness (QED) is 0.411. The molecule has 0 spiro atoms. The minimum Gasteiger partial charge on any atom is -0.484 e. The van der Waals surface area contributed by atoms with Crippen molar-refractivity contribution in [2.24, 2.45) is 0 Å². The number of halogens is 2. The van der Waals surface area contributed by atoms with E-state index in [0.717, 1.165) is 5.56 Å². The highest BCUT2D eigenvalue weighted by Gasteiger charge is 2.16. The molecule has 3 aromatic rings. The number of ether oxygens (including phenoxy) is 1. The molecule has 0 heterocycles. The Balaban J connectivity index is 1.52. The molecule has 0 saturated carbocycles. The number of anilines is 2. The Bertz CT molecular complexity index is 1080. The average Bonchev–Trinajstić information content (AvgIpc) is 2.79. The molecule has 0 aliphatic rings. The fraction of sp³-hybridized carbons (Fsp3) is 0.200. The van der Waals surface area contributed by atoms with Crippen LogP contribution in [-0.2, 0) is 4.79 Å². The maximum Gasteiger partial charge on any atom is 0.326 e. The summed E-state index contributed by atoms with van der Waals surface area (Å²) in [4.78, 5) is 26.5. The number of hydrogen-bond acceptors (Lipinski definition) is 3. The van der Waals surface area contributed by atoms with Crippen LogP contribution in [0.15, 0.2) is 72.8 Å². The van der Waals surface area contributed by atoms with Gasteiger partial charge in [0.15, 0.2) is 6.61 Å². The van der Waals surface area contributed by atoms with E-state index in [1.54, 1.807) is 42.5 Å². The number of amides is 3. The molecular formula is C25H25ClFN3O3. The number of rotatable bonds is 9. The lowest BCUT2D eigenvalue weighted by atomic mass is 10.2. The standard InChI is InChI=1S/C25H25ClFN3O3/c1-18-4-2-5-21(16-18)29-25(32)30(22-10-8-20(27)9-11-22)15-3-14-28-24(31)17-33-23-12-6-19(26)7-13-23/h2,4-13,16H,3,14-15,17H2,1H3,(H,28,31)(H,29,32). The van der Waals surface area contributed by atoms with Crippen LogP contribution in [0.25, 0.3) is 0 Å². The largest absolute Gasteiger partial charge is 0.484 e. The monoisotopic (exact) mass is 469 g/mol. The molecular weight excluding hydrogens is 445 g/mol. The van der Waals surface area contributed by atoms with Gasteiger partial charge in [0, 0.05) is 29.5 Å². The van der Waals surface area contributed by atoms with Crippen molar-refractivity contribution in [3.8, 4) is 5.75 Å². The highest BCUT2D eigenvalue weighted by molar-refractivity contribution is 6.30. The number of nitrogens with one attached hydrogen (secondary N) is 2. The molecule has 0 fully saturated rings. The van der Waals surface area contributed by atoms with Crippen molar-refractivity contribution in [1.82, 2.24) is 5.32 Å². The number of carbonyl (C=O) groups is 2. The fourth-order valence-electron chi connectivity index (χ4n) is 3.08. The molecule has 3 aromatic carbocycles. The van der Waals surface area contributed by atoms with Gasteiger partial charge in [-0.05, 0) is 79.6 Å². The third-order valence-corrected chi connectivity index (χ3v) is 4.97. The lowest BCUT2D eigenvalue weighted by molar-refractivity contribution is -0.123. The molecule has 0 aliphatic carbocycles. The van der Waals surface area contributed by atoms with Gasteiger partial charge >= 0.3 is 6.03 Å². The zero-order chi connectivity index (χ0) is 23.6. The molecule has 0 radical (unpaired) electrons. The van der Waals surface area contributed by atoms with Crippen LogP contribution in [0.2, 0.25) is 5.02 Å². The molecule has 0 saturated heterocycles. The second kappa shape index (κ2) is 11.9. The Kier molecular flexibility index (Phi) is 8.66. The summed E-state index contributed by atoms with van der Waals surface area (Å²) in [6.45, 7) is 2.48. The molecule has 0 aliphatic heterocycles. The first-order chi connectivity index (χ1) is 15.9. The topological polar surface area (TPSA) is 70.7 Å². The van der Waals surface area contributed by atoms with E-state index in [9.17, 15) is 14.0 Å². The summed E-state index contributed by atoms with van der Waals surface area (Å²) in [6.07, 6.45) is 0.491.